The highest BCUT2D eigenvalue weighted by molar-refractivity contribution is 6.30. The van der Waals surface area contributed by atoms with E-state index in [1.165, 1.54) is 23.8 Å². The predicted molar refractivity (Wildman–Crippen MR) is 235 cm³/mol. The summed E-state index contributed by atoms with van der Waals surface area (Å²) >= 11 is 6.14. The number of nitrogens with zero attached hydrogens (tertiary/aromatic N) is 2. The van der Waals surface area contributed by atoms with Crippen LogP contribution in [0.1, 0.15) is 126 Å². The first kappa shape index (κ1) is 43.3. The van der Waals surface area contributed by atoms with Crippen LogP contribution in [0.5, 0.6) is 0 Å². The second kappa shape index (κ2) is 15.6. The number of ether oxygens (including phenoxy) is 1. The summed E-state index contributed by atoms with van der Waals surface area (Å²) in [6.07, 6.45) is 9.76. The van der Waals surface area contributed by atoms with Crippen molar-refractivity contribution in [2.45, 2.75) is 105 Å². The van der Waals surface area contributed by atoms with E-state index in [1.54, 1.807) is 29.2 Å². The molecule has 2 aromatic carbocycles. The maximum Gasteiger partial charge on any atom is 0.337 e. The first-order chi connectivity index (χ1) is 27.7. The van der Waals surface area contributed by atoms with Crippen molar-refractivity contribution in [1.29, 1.82) is 0 Å². The number of methoxy groups -OCH3 is 1. The third-order valence-corrected chi connectivity index (χ3v) is 16.8. The number of fused-ring (bicyclic) bond motifs is 7. The number of likely N-dealkylation sites (N-methyl/N-ethyl adjacent to an activating group) is 1. The van der Waals surface area contributed by atoms with Gasteiger partial charge in [0, 0.05) is 30.1 Å². The smallest absolute Gasteiger partial charge is 0.337 e. The normalized spacial score (nSPS) is 32.1. The summed E-state index contributed by atoms with van der Waals surface area (Å²) in [5.41, 5.74) is 4.98. The van der Waals surface area contributed by atoms with Crippen LogP contribution in [-0.4, -0.2) is 79.7 Å². The number of nitrogens with one attached hydrogen (secondary N) is 1. The van der Waals surface area contributed by atoms with Crippen LogP contribution in [0.3, 0.4) is 0 Å². The molecule has 9 heteroatoms. The minimum atomic E-state index is -0.743. The molecule has 2 aromatic rings. The van der Waals surface area contributed by atoms with Crippen molar-refractivity contribution in [2.24, 2.45) is 45.3 Å². The average molecular weight is 825 g/mol. The van der Waals surface area contributed by atoms with Crippen molar-refractivity contribution in [2.75, 3.05) is 40.8 Å². The number of halogens is 1. The van der Waals surface area contributed by atoms with E-state index in [1.807, 2.05) is 31.1 Å². The van der Waals surface area contributed by atoms with Gasteiger partial charge >= 0.3 is 5.97 Å². The Hall–Kier alpha value is -3.75. The minimum absolute atomic E-state index is 0.0373. The Bertz CT molecular complexity index is 2070. The molecule has 3 saturated carbocycles. The number of carbonyl (C=O) groups is 4. The highest BCUT2D eigenvalue weighted by Crippen LogP contribution is 2.76. The molecule has 8 nitrogen and oxygen atoms in total. The third kappa shape index (κ3) is 7.12. The van der Waals surface area contributed by atoms with E-state index in [9.17, 15) is 19.2 Å². The Morgan fingerprint density at radius 2 is 1.51 bits per heavy atom. The molecule has 0 saturated heterocycles. The molecule has 0 heterocycles. The zero-order valence-corrected chi connectivity index (χ0v) is 37.9. The summed E-state index contributed by atoms with van der Waals surface area (Å²) in [7, 11) is 5.33. The number of Topliss-reactive ketones (excluding diaryl/α,β-unsaturated/α-hetero) is 1. The van der Waals surface area contributed by atoms with Gasteiger partial charge in [-0.3, -0.25) is 14.4 Å². The quantitative estimate of drug-likeness (QED) is 0.240. The van der Waals surface area contributed by atoms with Gasteiger partial charge in [-0.15, -0.1) is 0 Å². The van der Waals surface area contributed by atoms with Crippen molar-refractivity contribution >= 4 is 40.7 Å². The van der Waals surface area contributed by atoms with Crippen LogP contribution in [0.25, 0.3) is 5.57 Å². The van der Waals surface area contributed by atoms with Crippen molar-refractivity contribution in [3.8, 4) is 0 Å². The van der Waals surface area contributed by atoms with E-state index in [0.29, 0.717) is 53.9 Å². The van der Waals surface area contributed by atoms with Gasteiger partial charge in [0.2, 0.25) is 5.91 Å². The Labute approximate surface area is 357 Å². The summed E-state index contributed by atoms with van der Waals surface area (Å²) in [6, 6.07) is 14.7. The van der Waals surface area contributed by atoms with Gasteiger partial charge in [-0.05, 0) is 163 Å². The fraction of sp³-hybridized carbons (Fsp3) is 0.600. The van der Waals surface area contributed by atoms with Gasteiger partial charge in [0.25, 0.3) is 5.91 Å². The lowest BCUT2D eigenvalue weighted by atomic mass is 9.33. The number of esters is 1. The number of benzene rings is 2. The fourth-order valence-electron chi connectivity index (χ4n) is 13.6. The summed E-state index contributed by atoms with van der Waals surface area (Å²) < 4.78 is 4.96. The molecule has 0 unspecified atom stereocenters. The molecule has 0 aliphatic heterocycles. The van der Waals surface area contributed by atoms with Crippen molar-refractivity contribution in [1.82, 2.24) is 15.1 Å². The van der Waals surface area contributed by atoms with E-state index >= 15 is 0 Å². The first-order valence-electron chi connectivity index (χ1n) is 21.9. The van der Waals surface area contributed by atoms with E-state index in [-0.39, 0.29) is 63.6 Å². The molecular formula is C50H66ClN3O5. The Balaban J connectivity index is 1.18. The molecular weight excluding hydrogens is 758 g/mol. The molecule has 318 valence electrons. The van der Waals surface area contributed by atoms with E-state index in [4.69, 9.17) is 16.3 Å². The molecule has 5 aliphatic rings. The van der Waals surface area contributed by atoms with Gasteiger partial charge in [-0.25, -0.2) is 4.79 Å². The zero-order valence-electron chi connectivity index (χ0n) is 37.1. The first-order valence-corrected chi connectivity index (χ1v) is 22.3. The Kier molecular flexibility index (Phi) is 11.5. The van der Waals surface area contributed by atoms with Gasteiger partial charge in [-0.2, -0.15) is 0 Å². The van der Waals surface area contributed by atoms with E-state index < -0.39 is 5.54 Å². The number of ketones is 1. The van der Waals surface area contributed by atoms with E-state index in [0.717, 1.165) is 44.1 Å². The summed E-state index contributed by atoms with van der Waals surface area (Å²) in [6.45, 7) is 17.7. The van der Waals surface area contributed by atoms with Gasteiger partial charge < -0.3 is 19.9 Å². The van der Waals surface area contributed by atoms with Crippen LogP contribution < -0.4 is 5.32 Å². The van der Waals surface area contributed by atoms with Crippen LogP contribution in [0.4, 0.5) is 0 Å². The van der Waals surface area contributed by atoms with Gasteiger partial charge in [0.05, 0.1) is 24.8 Å². The summed E-state index contributed by atoms with van der Waals surface area (Å²) in [5.74, 6) is 0.623. The average Bonchev–Trinajstić information content (AvgIpc) is 3.47. The van der Waals surface area contributed by atoms with Crippen LogP contribution in [-0.2, 0) is 14.3 Å². The molecule has 2 amide bonds. The number of rotatable bonds is 10. The lowest BCUT2D eigenvalue weighted by Gasteiger charge is -2.71. The van der Waals surface area contributed by atoms with Gasteiger partial charge in [-0.1, -0.05) is 78.3 Å². The van der Waals surface area contributed by atoms with Crippen LogP contribution in [0.2, 0.25) is 5.02 Å². The molecule has 3 fully saturated rings. The summed E-state index contributed by atoms with van der Waals surface area (Å²) in [4.78, 5) is 58.2. The minimum Gasteiger partial charge on any atom is -0.465 e. The molecule has 5 aliphatic carbocycles. The second-order valence-electron chi connectivity index (χ2n) is 20.5. The number of carbonyl (C=O) groups excluding carboxylic acids is 4. The molecule has 59 heavy (non-hydrogen) atoms. The largest absolute Gasteiger partial charge is 0.465 e. The topological polar surface area (TPSA) is 96.0 Å². The van der Waals surface area contributed by atoms with Crippen LogP contribution >= 0.6 is 11.6 Å². The van der Waals surface area contributed by atoms with Crippen LogP contribution in [0, 0.1) is 45.3 Å². The predicted octanol–water partition coefficient (Wildman–Crippen LogP) is 9.67. The zero-order chi connectivity index (χ0) is 42.9. The van der Waals surface area contributed by atoms with Gasteiger partial charge in [0.15, 0.2) is 5.78 Å². The maximum atomic E-state index is 14.4. The lowest BCUT2D eigenvalue weighted by Crippen LogP contribution is -2.66. The van der Waals surface area contributed by atoms with Crippen molar-refractivity contribution < 1.29 is 23.9 Å². The third-order valence-electron chi connectivity index (χ3n) is 16.5. The molecule has 1 N–H and O–H groups in total. The van der Waals surface area contributed by atoms with Crippen molar-refractivity contribution in [3.05, 3.63) is 87.5 Å². The molecule has 0 radical (unpaired) electrons. The van der Waals surface area contributed by atoms with Gasteiger partial charge in [0.1, 0.15) is 0 Å². The monoisotopic (exact) mass is 823 g/mol. The standard InChI is InChI=1S/C50H66ClN3O5/c1-31(2)42-38(55)29-50(52-41(56)30-54(28-27-53(8)9)44(57)33-15-17-35(51)18-16-33)26-25-48(6)37(43(42)50)19-20-40-47(5)23-21-36(32-11-13-34(14-12-32)45(58)59-10)46(3,4)39(47)22-24-49(40,48)7/h11-18,21,31,37,39-40H,19-20,22-30H2,1-10H3,(H,52,56)/t37-,39+,40-,47+,48-,49-,50-/m1/s1. The highest BCUT2D eigenvalue weighted by Gasteiger charge is 2.69. The van der Waals surface area contributed by atoms with E-state index in [2.05, 4.69) is 72.0 Å². The molecule has 0 spiro atoms. The number of hydrogen-bond donors (Lipinski definition) is 1. The Morgan fingerprint density at radius 3 is 2.14 bits per heavy atom. The molecule has 0 aromatic heterocycles. The summed E-state index contributed by atoms with van der Waals surface area (Å²) in [5, 5.41) is 4.04. The molecule has 0 bridgehead atoms. The second-order valence-corrected chi connectivity index (χ2v) is 20.9. The van der Waals surface area contributed by atoms with Crippen molar-refractivity contribution in [3.63, 3.8) is 0 Å². The van der Waals surface area contributed by atoms with Crippen LogP contribution in [0.15, 0.2) is 65.8 Å². The Morgan fingerprint density at radius 1 is 0.847 bits per heavy atom. The maximum absolute atomic E-state index is 14.4. The number of allylic oxidation sites excluding steroid dienone is 3. The number of hydrogen-bond acceptors (Lipinski definition) is 6. The molecule has 7 rings (SSSR count). The molecule has 7 atom stereocenters. The SMILES string of the molecule is COC(=O)c1ccc(C2=CC[C@]3(C)[C@H]4CC[C@@H]5C6=C(C(C)C)C(=O)C[C@]6(NC(=O)CN(CCN(C)C)C(=O)c6ccc(Cl)cc6)CC[C@@]5(C)[C@]4(C)CC[C@H]3C2(C)C)cc1. The highest BCUT2D eigenvalue weighted by atomic mass is 35.5. The fourth-order valence-corrected chi connectivity index (χ4v) is 13.7. The lowest BCUT2D eigenvalue weighted by molar-refractivity contribution is -0.194. The number of amides is 2.